The van der Waals surface area contributed by atoms with Gasteiger partial charge in [-0.1, -0.05) is 0 Å². The van der Waals surface area contributed by atoms with Crippen molar-refractivity contribution in [1.29, 1.82) is 0 Å². The molecule has 0 saturated heterocycles. The van der Waals surface area contributed by atoms with Crippen molar-refractivity contribution in [2.45, 2.75) is 0 Å². The van der Waals surface area contributed by atoms with Gasteiger partial charge in [0.15, 0.2) is 5.34 Å². The Morgan fingerprint density at radius 1 is 1.80 bits per heavy atom. The van der Waals surface area contributed by atoms with Gasteiger partial charge in [0.05, 0.1) is 9.47 Å². The molecule has 5 heteroatoms. The van der Waals surface area contributed by atoms with Gasteiger partial charge < -0.3 is 4.62 Å². The molecule has 0 heterocycles. The summed E-state index contributed by atoms with van der Waals surface area (Å²) in [5, 5.41) is 1.95. The molecule has 0 amide bonds. The molecule has 0 bridgehead atoms. The molecule has 0 aliphatic rings. The van der Waals surface area contributed by atoms with Crippen LogP contribution in [-0.2, 0) is 4.62 Å². The summed E-state index contributed by atoms with van der Waals surface area (Å²) < 4.78 is 3.53. The monoisotopic (exact) mass is 87.0 g/mol. The molecule has 0 aromatic heterocycles. The molecule has 26 valence electrons. The number of hydrogen-bond donors (Lipinski definition) is 0. The van der Waals surface area contributed by atoms with E-state index in [-0.39, 0.29) is 18.9 Å². The first kappa shape index (κ1) is 9.06. The predicted molar refractivity (Wildman–Crippen MR) is 23.7 cm³/mol. The molecule has 0 spiro atoms. The zero-order chi connectivity index (χ0) is 3.41. The van der Waals surface area contributed by atoms with E-state index in [0.717, 1.165) is 0 Å². The van der Waals surface area contributed by atoms with Crippen molar-refractivity contribution in [3.8, 4) is 0 Å². The predicted octanol–water partition coefficient (Wildman–Crippen LogP) is -0.174. The standard InChI is InChI=1S/Li.H2NO2P.H/c;2-1-3-4;/h;4H2;. The SMILES string of the molecule is O=NOP.[LiH]. The van der Waals surface area contributed by atoms with E-state index in [1.165, 1.54) is 0 Å². The average molecular weight is 86.9 g/mol. The summed E-state index contributed by atoms with van der Waals surface area (Å²) in [4.78, 5) is 8.68. The first-order chi connectivity index (χ1) is 1.91. The van der Waals surface area contributed by atoms with E-state index in [1.807, 2.05) is 5.34 Å². The topological polar surface area (TPSA) is 38.7 Å². The van der Waals surface area contributed by atoms with E-state index < -0.39 is 0 Å². The van der Waals surface area contributed by atoms with Crippen molar-refractivity contribution in [3.63, 3.8) is 0 Å². The zero-order valence-corrected chi connectivity index (χ0v) is 3.00. The summed E-state index contributed by atoms with van der Waals surface area (Å²) in [6.07, 6.45) is 0. The number of hydrogen-bond acceptors (Lipinski definition) is 3. The fourth-order valence-electron chi connectivity index (χ4n) is 0. The molecule has 0 aromatic rings. The zero-order valence-electron chi connectivity index (χ0n) is 1.84. The van der Waals surface area contributed by atoms with Gasteiger partial charge in [-0.05, 0) is 0 Å². The first-order valence-electron chi connectivity index (χ1n) is 0.601. The molecule has 0 rings (SSSR count). The van der Waals surface area contributed by atoms with Crippen molar-refractivity contribution < 1.29 is 4.62 Å². The van der Waals surface area contributed by atoms with E-state index >= 15 is 0 Å². The fourth-order valence-corrected chi connectivity index (χ4v) is 0. The summed E-state index contributed by atoms with van der Waals surface area (Å²) in [5.74, 6) is 0. The van der Waals surface area contributed by atoms with Crippen LogP contribution >= 0.6 is 9.47 Å². The molecule has 3 nitrogen and oxygen atoms in total. The van der Waals surface area contributed by atoms with Crippen molar-refractivity contribution in [1.82, 2.24) is 0 Å². The van der Waals surface area contributed by atoms with E-state index in [9.17, 15) is 0 Å². The normalized spacial score (nSPS) is 4.20. The third-order valence-corrected chi connectivity index (χ3v) is 0.129. The Kier molecular flexibility index (Phi) is 16.0. The Labute approximate surface area is 43.9 Å². The van der Waals surface area contributed by atoms with Crippen LogP contribution in [0.3, 0.4) is 0 Å². The minimum absolute atomic E-state index is 0. The Balaban J connectivity index is 0. The van der Waals surface area contributed by atoms with Crippen LogP contribution in [0.15, 0.2) is 5.34 Å². The Bertz CT molecular complexity index is 23.6. The molecule has 0 fully saturated rings. The molecule has 1 unspecified atom stereocenters. The van der Waals surface area contributed by atoms with Crippen LogP contribution in [0, 0.1) is 4.91 Å². The Hall–Kier alpha value is 0.427. The van der Waals surface area contributed by atoms with E-state index in [0.29, 0.717) is 0 Å². The second-order valence-electron chi connectivity index (χ2n) is 0.180. The maximum atomic E-state index is 8.68. The first-order valence-corrected chi connectivity index (χ1v) is 1.07. The van der Waals surface area contributed by atoms with Gasteiger partial charge in [-0.3, -0.25) is 0 Å². The van der Waals surface area contributed by atoms with Gasteiger partial charge in [0.1, 0.15) is 0 Å². The maximum absolute atomic E-state index is 8.68. The Morgan fingerprint density at radius 3 is 2.00 bits per heavy atom. The third kappa shape index (κ3) is 12.8. The van der Waals surface area contributed by atoms with Gasteiger partial charge in [0.25, 0.3) is 0 Å². The number of nitrogens with zero attached hydrogens (tertiary/aromatic N) is 1. The van der Waals surface area contributed by atoms with Crippen molar-refractivity contribution in [2.24, 2.45) is 5.34 Å². The number of rotatable bonds is 1. The van der Waals surface area contributed by atoms with Crippen LogP contribution in [0.5, 0.6) is 0 Å². The second kappa shape index (κ2) is 8.83. The minimum atomic E-state index is 0. The second-order valence-corrected chi connectivity index (χ2v) is 0.391. The molecular formula is H3LiNO2P. The summed E-state index contributed by atoms with van der Waals surface area (Å²) in [6.45, 7) is 0. The average Bonchev–Trinajstić information content (AvgIpc) is 1.37. The van der Waals surface area contributed by atoms with E-state index in [1.54, 1.807) is 9.47 Å². The van der Waals surface area contributed by atoms with Crippen LogP contribution in [0.2, 0.25) is 0 Å². The molecule has 1 atom stereocenters. The molecular weight excluding hydrogens is 83.9 g/mol. The molecule has 0 aliphatic carbocycles. The summed E-state index contributed by atoms with van der Waals surface area (Å²) in [5.41, 5.74) is 0. The van der Waals surface area contributed by atoms with Gasteiger partial charge in [-0.25, -0.2) is 0 Å². The van der Waals surface area contributed by atoms with Gasteiger partial charge in [-0.15, -0.1) is 4.91 Å². The van der Waals surface area contributed by atoms with Gasteiger partial charge in [-0.2, -0.15) is 0 Å². The van der Waals surface area contributed by atoms with Crippen molar-refractivity contribution in [3.05, 3.63) is 4.91 Å². The molecule has 0 saturated carbocycles. The molecule has 5 heavy (non-hydrogen) atoms. The van der Waals surface area contributed by atoms with E-state index in [2.05, 4.69) is 4.62 Å². The van der Waals surface area contributed by atoms with Gasteiger partial charge in [0.2, 0.25) is 0 Å². The van der Waals surface area contributed by atoms with Gasteiger partial charge in [0, 0.05) is 0 Å². The van der Waals surface area contributed by atoms with Crippen molar-refractivity contribution in [2.75, 3.05) is 0 Å². The summed E-state index contributed by atoms with van der Waals surface area (Å²) in [7, 11) is 1.68. The Morgan fingerprint density at radius 2 is 2.00 bits per heavy atom. The summed E-state index contributed by atoms with van der Waals surface area (Å²) >= 11 is 0. The third-order valence-electron chi connectivity index (χ3n) is 0.0430. The van der Waals surface area contributed by atoms with Crippen molar-refractivity contribution >= 4 is 28.3 Å². The quantitative estimate of drug-likeness (QED) is 0.192. The van der Waals surface area contributed by atoms with Crippen LogP contribution in [0.25, 0.3) is 0 Å². The van der Waals surface area contributed by atoms with Crippen LogP contribution in [-0.4, -0.2) is 18.9 Å². The molecule has 0 N–H and O–H groups in total. The molecule has 0 aliphatic heterocycles. The van der Waals surface area contributed by atoms with E-state index in [4.69, 9.17) is 4.91 Å². The van der Waals surface area contributed by atoms with Crippen LogP contribution in [0.1, 0.15) is 0 Å². The summed E-state index contributed by atoms with van der Waals surface area (Å²) in [6, 6.07) is 0. The van der Waals surface area contributed by atoms with Crippen LogP contribution < -0.4 is 0 Å². The molecule has 0 radical (unpaired) electrons. The molecule has 0 aromatic carbocycles. The van der Waals surface area contributed by atoms with Gasteiger partial charge >= 0.3 is 18.9 Å². The fraction of sp³-hybridized carbons (Fsp3) is 0. The van der Waals surface area contributed by atoms with Crippen LogP contribution in [0.4, 0.5) is 0 Å².